The van der Waals surface area contributed by atoms with E-state index in [1.165, 1.54) is 18.2 Å². The maximum Gasteiger partial charge on any atom is 0.354 e. The van der Waals surface area contributed by atoms with Gasteiger partial charge in [-0.3, -0.25) is 0 Å². The number of carboxylic acids is 1. The molecule has 0 saturated carbocycles. The fourth-order valence-corrected chi connectivity index (χ4v) is 1.59. The van der Waals surface area contributed by atoms with Crippen molar-refractivity contribution in [1.82, 2.24) is 4.98 Å². The number of carbonyl (C=O) groups is 1. The Balaban J connectivity index is 2.17. The van der Waals surface area contributed by atoms with Gasteiger partial charge < -0.3 is 10.4 Å². The van der Waals surface area contributed by atoms with E-state index >= 15 is 0 Å². The molecule has 1 aromatic carbocycles. The summed E-state index contributed by atoms with van der Waals surface area (Å²) in [5.74, 6) is -4.36. The third-order valence-corrected chi connectivity index (χ3v) is 2.48. The summed E-state index contributed by atoms with van der Waals surface area (Å²) >= 11 is 0. The first kappa shape index (κ1) is 13.9. The van der Waals surface area contributed by atoms with Crippen LogP contribution in [0.3, 0.4) is 0 Å². The van der Waals surface area contributed by atoms with Gasteiger partial charge in [-0.05, 0) is 12.1 Å². The van der Waals surface area contributed by atoms with Crippen LogP contribution in [0.15, 0.2) is 30.3 Å². The van der Waals surface area contributed by atoms with Crippen molar-refractivity contribution in [2.75, 3.05) is 5.32 Å². The number of nitrogens with zero attached hydrogens (tertiary/aromatic N) is 1. The van der Waals surface area contributed by atoms with Crippen LogP contribution in [0.5, 0.6) is 0 Å². The molecule has 0 aliphatic rings. The number of halogens is 3. The molecule has 2 aromatic rings. The van der Waals surface area contributed by atoms with E-state index in [9.17, 15) is 18.0 Å². The van der Waals surface area contributed by atoms with Crippen LogP contribution in [-0.2, 0) is 6.54 Å². The molecule has 0 aliphatic carbocycles. The van der Waals surface area contributed by atoms with Crippen molar-refractivity contribution < 1.29 is 23.1 Å². The molecule has 4 nitrogen and oxygen atoms in total. The van der Waals surface area contributed by atoms with Crippen molar-refractivity contribution in [3.05, 3.63) is 59.2 Å². The number of carboxylic acid groups (broad SMARTS) is 1. The van der Waals surface area contributed by atoms with Gasteiger partial charge in [0.05, 0.1) is 12.2 Å². The minimum Gasteiger partial charge on any atom is -0.477 e. The van der Waals surface area contributed by atoms with E-state index in [1.54, 1.807) is 0 Å². The van der Waals surface area contributed by atoms with Crippen LogP contribution >= 0.6 is 0 Å². The van der Waals surface area contributed by atoms with Gasteiger partial charge in [0.15, 0.2) is 11.6 Å². The van der Waals surface area contributed by atoms with Gasteiger partial charge >= 0.3 is 5.97 Å². The standard InChI is InChI=1S/C13H9F3N2O2/c14-7-4-9(15)12(10(16)5-7)17-6-8-2-1-3-11(18-8)13(19)20/h1-5,17H,6H2,(H,19,20). The lowest BCUT2D eigenvalue weighted by Crippen LogP contribution is -2.08. The van der Waals surface area contributed by atoms with Crippen molar-refractivity contribution in [1.29, 1.82) is 0 Å². The lowest BCUT2D eigenvalue weighted by molar-refractivity contribution is 0.0690. The highest BCUT2D eigenvalue weighted by Gasteiger charge is 2.12. The van der Waals surface area contributed by atoms with Gasteiger partial charge in [-0.25, -0.2) is 22.9 Å². The number of nitrogens with one attached hydrogen (secondary N) is 1. The van der Waals surface area contributed by atoms with Crippen LogP contribution in [0.4, 0.5) is 18.9 Å². The van der Waals surface area contributed by atoms with Crippen molar-refractivity contribution in [3.63, 3.8) is 0 Å². The summed E-state index contributed by atoms with van der Waals surface area (Å²) in [5.41, 5.74) is -0.383. The average Bonchev–Trinajstić information content (AvgIpc) is 2.37. The Hall–Kier alpha value is -2.57. The molecular weight excluding hydrogens is 273 g/mol. The molecule has 2 rings (SSSR count). The molecule has 0 fully saturated rings. The van der Waals surface area contributed by atoms with E-state index in [0.29, 0.717) is 12.1 Å². The predicted molar refractivity (Wildman–Crippen MR) is 64.8 cm³/mol. The fourth-order valence-electron chi connectivity index (χ4n) is 1.59. The maximum atomic E-state index is 13.4. The van der Waals surface area contributed by atoms with Crippen molar-refractivity contribution in [2.24, 2.45) is 0 Å². The second kappa shape index (κ2) is 5.60. The third-order valence-electron chi connectivity index (χ3n) is 2.48. The highest BCUT2D eigenvalue weighted by atomic mass is 19.1. The largest absolute Gasteiger partial charge is 0.477 e. The van der Waals surface area contributed by atoms with Crippen LogP contribution in [0.25, 0.3) is 0 Å². The average molecular weight is 282 g/mol. The molecule has 2 N–H and O–H groups in total. The molecule has 1 aromatic heterocycles. The number of anilines is 1. The van der Waals surface area contributed by atoms with E-state index in [-0.39, 0.29) is 17.9 Å². The molecule has 0 radical (unpaired) electrons. The van der Waals surface area contributed by atoms with E-state index in [0.717, 1.165) is 0 Å². The Bertz CT molecular complexity index is 639. The molecule has 0 unspecified atom stereocenters. The van der Waals surface area contributed by atoms with Crippen molar-refractivity contribution >= 4 is 11.7 Å². The van der Waals surface area contributed by atoms with E-state index in [1.807, 2.05) is 0 Å². The maximum absolute atomic E-state index is 13.4. The second-order valence-corrected chi connectivity index (χ2v) is 3.92. The molecule has 0 aliphatic heterocycles. The van der Waals surface area contributed by atoms with Crippen LogP contribution in [-0.4, -0.2) is 16.1 Å². The summed E-state index contributed by atoms with van der Waals surface area (Å²) in [5, 5.41) is 11.2. The van der Waals surface area contributed by atoms with Gasteiger partial charge in [0.1, 0.15) is 17.2 Å². The number of hydrogen-bond acceptors (Lipinski definition) is 3. The first-order chi connectivity index (χ1) is 9.47. The van der Waals surface area contributed by atoms with Gasteiger partial charge in [-0.1, -0.05) is 6.07 Å². The Morgan fingerprint density at radius 2 is 1.85 bits per heavy atom. The van der Waals surface area contributed by atoms with Gasteiger partial charge in [-0.2, -0.15) is 0 Å². The Morgan fingerprint density at radius 1 is 1.20 bits per heavy atom. The van der Waals surface area contributed by atoms with Crippen LogP contribution in [0.1, 0.15) is 16.2 Å². The van der Waals surface area contributed by atoms with E-state index < -0.39 is 29.1 Å². The molecule has 0 saturated heterocycles. The number of benzene rings is 1. The van der Waals surface area contributed by atoms with Crippen LogP contribution in [0, 0.1) is 17.5 Å². The molecule has 1 heterocycles. The summed E-state index contributed by atoms with van der Waals surface area (Å²) < 4.78 is 39.5. The lowest BCUT2D eigenvalue weighted by atomic mass is 10.2. The fraction of sp³-hybridized carbons (Fsp3) is 0.0769. The van der Waals surface area contributed by atoms with Gasteiger partial charge in [0.25, 0.3) is 0 Å². The summed E-state index contributed by atoms with van der Waals surface area (Å²) in [4.78, 5) is 14.5. The Kier molecular flexibility index (Phi) is 3.88. The molecule has 0 amide bonds. The first-order valence-electron chi connectivity index (χ1n) is 5.55. The third kappa shape index (κ3) is 3.05. The Morgan fingerprint density at radius 3 is 2.45 bits per heavy atom. The van der Waals surface area contributed by atoms with Gasteiger partial charge in [0, 0.05) is 12.1 Å². The summed E-state index contributed by atoms with van der Waals surface area (Å²) in [6, 6.07) is 5.35. The summed E-state index contributed by atoms with van der Waals surface area (Å²) in [7, 11) is 0. The summed E-state index contributed by atoms with van der Waals surface area (Å²) in [6.45, 7) is -0.0966. The quantitative estimate of drug-likeness (QED) is 0.905. The number of pyridine rings is 1. The molecule has 104 valence electrons. The zero-order valence-corrected chi connectivity index (χ0v) is 10.0. The van der Waals surface area contributed by atoms with Crippen LogP contribution < -0.4 is 5.32 Å². The number of rotatable bonds is 4. The Labute approximate surface area is 111 Å². The normalized spacial score (nSPS) is 10.3. The molecule has 0 atom stereocenters. The molecule has 20 heavy (non-hydrogen) atoms. The SMILES string of the molecule is O=C(O)c1cccc(CNc2c(F)cc(F)cc2F)n1. The van der Waals surface area contributed by atoms with Crippen molar-refractivity contribution in [3.8, 4) is 0 Å². The zero-order chi connectivity index (χ0) is 14.7. The first-order valence-corrected chi connectivity index (χ1v) is 5.55. The minimum absolute atomic E-state index is 0.0966. The van der Waals surface area contributed by atoms with Crippen LogP contribution in [0.2, 0.25) is 0 Å². The van der Waals surface area contributed by atoms with Gasteiger partial charge in [-0.15, -0.1) is 0 Å². The highest BCUT2D eigenvalue weighted by molar-refractivity contribution is 5.85. The predicted octanol–water partition coefficient (Wildman–Crippen LogP) is 2.81. The van der Waals surface area contributed by atoms with E-state index in [4.69, 9.17) is 5.11 Å². The highest BCUT2D eigenvalue weighted by Crippen LogP contribution is 2.20. The van der Waals surface area contributed by atoms with Crippen molar-refractivity contribution in [2.45, 2.75) is 6.54 Å². The molecule has 7 heteroatoms. The summed E-state index contributed by atoms with van der Waals surface area (Å²) in [6.07, 6.45) is 0. The van der Waals surface area contributed by atoms with Gasteiger partial charge in [0.2, 0.25) is 0 Å². The number of hydrogen-bond donors (Lipinski definition) is 2. The smallest absolute Gasteiger partial charge is 0.354 e. The lowest BCUT2D eigenvalue weighted by Gasteiger charge is -2.09. The molecular formula is C13H9F3N2O2. The van der Waals surface area contributed by atoms with E-state index in [2.05, 4.69) is 10.3 Å². The topological polar surface area (TPSA) is 62.2 Å². The molecule has 0 spiro atoms. The number of aromatic carboxylic acids is 1. The monoisotopic (exact) mass is 282 g/mol. The zero-order valence-electron chi connectivity index (χ0n) is 10.0. The molecule has 0 bridgehead atoms. The number of aromatic nitrogens is 1. The minimum atomic E-state index is -1.20. The second-order valence-electron chi connectivity index (χ2n) is 3.92.